The third-order valence-electron chi connectivity index (χ3n) is 0.716. The van der Waals surface area contributed by atoms with Crippen LogP contribution in [0.2, 0.25) is 0 Å². The predicted molar refractivity (Wildman–Crippen MR) is 41.9 cm³/mol. The van der Waals surface area contributed by atoms with Gasteiger partial charge < -0.3 is 10.1 Å². The largest absolute Gasteiger partial charge is 0.372 e. The van der Waals surface area contributed by atoms with E-state index < -0.39 is 0 Å². The van der Waals surface area contributed by atoms with Crippen molar-refractivity contribution < 1.29 is 9.53 Å². The van der Waals surface area contributed by atoms with Crippen LogP contribution in [0.1, 0.15) is 20.8 Å². The Hall–Kier alpha value is -0.570. The number of amides is 1. The highest BCUT2D eigenvalue weighted by Gasteiger charge is 1.92. The summed E-state index contributed by atoms with van der Waals surface area (Å²) in [6.45, 7) is 6.61. The third kappa shape index (κ3) is 10.4. The van der Waals surface area contributed by atoms with Crippen molar-refractivity contribution in [3.05, 3.63) is 0 Å². The second-order valence-electron chi connectivity index (χ2n) is 1.31. The van der Waals surface area contributed by atoms with Crippen molar-refractivity contribution in [1.29, 1.82) is 0 Å². The summed E-state index contributed by atoms with van der Waals surface area (Å²) < 4.78 is 4.77. The highest BCUT2D eigenvalue weighted by atomic mass is 16.5. The lowest BCUT2D eigenvalue weighted by Gasteiger charge is -1.96. The van der Waals surface area contributed by atoms with E-state index in [-0.39, 0.29) is 12.5 Å². The molecule has 0 aliphatic heterocycles. The van der Waals surface area contributed by atoms with E-state index in [1.54, 1.807) is 7.05 Å². The Morgan fingerprint density at radius 1 is 1.50 bits per heavy atom. The van der Waals surface area contributed by atoms with Crippen LogP contribution in [0.25, 0.3) is 0 Å². The van der Waals surface area contributed by atoms with Gasteiger partial charge >= 0.3 is 0 Å². The molecule has 0 bridgehead atoms. The summed E-state index contributed by atoms with van der Waals surface area (Å²) in [5.74, 6) is -0.0770. The maximum absolute atomic E-state index is 10.3. The van der Waals surface area contributed by atoms with Gasteiger partial charge in [-0.15, -0.1) is 0 Å². The lowest BCUT2D eigenvalue weighted by Crippen LogP contribution is -2.23. The van der Waals surface area contributed by atoms with Gasteiger partial charge in [0.1, 0.15) is 6.61 Å². The lowest BCUT2D eigenvalue weighted by atomic mass is 10.6. The minimum atomic E-state index is -0.0770. The molecule has 3 heteroatoms. The molecule has 0 saturated carbocycles. The van der Waals surface area contributed by atoms with Crippen molar-refractivity contribution in [3.63, 3.8) is 0 Å². The van der Waals surface area contributed by atoms with Crippen molar-refractivity contribution in [1.82, 2.24) is 5.32 Å². The average Bonchev–Trinajstić information content (AvgIpc) is 2.04. The molecule has 0 radical (unpaired) electrons. The molecule has 0 heterocycles. The quantitative estimate of drug-likeness (QED) is 0.641. The molecule has 0 aliphatic rings. The van der Waals surface area contributed by atoms with Gasteiger partial charge in [0.25, 0.3) is 0 Å². The lowest BCUT2D eigenvalue weighted by molar-refractivity contribution is -0.125. The van der Waals surface area contributed by atoms with Crippen molar-refractivity contribution in [2.24, 2.45) is 0 Å². The number of carbonyl (C=O) groups is 1. The minimum absolute atomic E-state index is 0.0770. The van der Waals surface area contributed by atoms with E-state index in [4.69, 9.17) is 4.74 Å². The van der Waals surface area contributed by atoms with Gasteiger partial charge in [-0.1, -0.05) is 13.8 Å². The standard InChI is InChI=1S/C5H11NO2.C2H6/c1-3-8-4-5(7)6-2;1-2/h3-4H2,1-2H3,(H,6,7);1-2H3. The van der Waals surface area contributed by atoms with Crippen molar-refractivity contribution in [2.75, 3.05) is 20.3 Å². The molecule has 0 saturated heterocycles. The first kappa shape index (κ1) is 12.1. The monoisotopic (exact) mass is 147 g/mol. The van der Waals surface area contributed by atoms with E-state index in [9.17, 15) is 4.79 Å². The maximum atomic E-state index is 10.3. The second-order valence-corrected chi connectivity index (χ2v) is 1.31. The van der Waals surface area contributed by atoms with Crippen molar-refractivity contribution in [3.8, 4) is 0 Å². The minimum Gasteiger partial charge on any atom is -0.372 e. The van der Waals surface area contributed by atoms with E-state index in [1.807, 2.05) is 20.8 Å². The summed E-state index contributed by atoms with van der Waals surface area (Å²) in [6.07, 6.45) is 0. The fourth-order valence-electron chi connectivity index (χ4n) is 0.267. The fraction of sp³-hybridized carbons (Fsp3) is 0.857. The van der Waals surface area contributed by atoms with Crippen LogP contribution in [0.5, 0.6) is 0 Å². The van der Waals surface area contributed by atoms with Crippen molar-refractivity contribution in [2.45, 2.75) is 20.8 Å². The van der Waals surface area contributed by atoms with E-state index in [0.29, 0.717) is 6.61 Å². The van der Waals surface area contributed by atoms with E-state index in [1.165, 1.54) is 0 Å². The zero-order valence-electron chi connectivity index (χ0n) is 7.23. The van der Waals surface area contributed by atoms with Crippen LogP contribution < -0.4 is 5.32 Å². The van der Waals surface area contributed by atoms with Crippen LogP contribution in [-0.2, 0) is 9.53 Å². The highest BCUT2D eigenvalue weighted by Crippen LogP contribution is 1.70. The maximum Gasteiger partial charge on any atom is 0.245 e. The van der Waals surface area contributed by atoms with Gasteiger partial charge in [-0.2, -0.15) is 0 Å². The zero-order chi connectivity index (χ0) is 8.41. The Kier molecular flexibility index (Phi) is 13.7. The van der Waals surface area contributed by atoms with Crippen LogP contribution in [0.4, 0.5) is 0 Å². The molecule has 0 fully saturated rings. The molecule has 0 aliphatic carbocycles. The molecule has 3 nitrogen and oxygen atoms in total. The normalized spacial score (nSPS) is 7.60. The average molecular weight is 147 g/mol. The molecule has 1 N–H and O–H groups in total. The number of likely N-dealkylation sites (N-methyl/N-ethyl adjacent to an activating group) is 1. The second kappa shape index (κ2) is 11.3. The number of hydrogen-bond acceptors (Lipinski definition) is 2. The smallest absolute Gasteiger partial charge is 0.245 e. The van der Waals surface area contributed by atoms with E-state index in [0.717, 1.165) is 0 Å². The van der Waals surface area contributed by atoms with Crippen LogP contribution in [0, 0.1) is 0 Å². The Balaban J connectivity index is 0. The van der Waals surface area contributed by atoms with Gasteiger partial charge in [0.05, 0.1) is 0 Å². The number of carbonyl (C=O) groups excluding carboxylic acids is 1. The third-order valence-corrected chi connectivity index (χ3v) is 0.716. The molecule has 1 amide bonds. The molecule has 0 aromatic carbocycles. The molecule has 0 spiro atoms. The Bertz CT molecular complexity index is 74.0. The Morgan fingerprint density at radius 3 is 2.30 bits per heavy atom. The van der Waals surface area contributed by atoms with E-state index in [2.05, 4.69) is 5.32 Å². The van der Waals surface area contributed by atoms with Gasteiger partial charge in [0.2, 0.25) is 5.91 Å². The number of ether oxygens (including phenoxy) is 1. The summed E-state index contributed by atoms with van der Waals surface area (Å²) in [5, 5.41) is 2.44. The molecule has 62 valence electrons. The summed E-state index contributed by atoms with van der Waals surface area (Å²) >= 11 is 0. The molecular weight excluding hydrogens is 130 g/mol. The zero-order valence-corrected chi connectivity index (χ0v) is 7.23. The summed E-state index contributed by atoms with van der Waals surface area (Å²) in [4.78, 5) is 10.3. The molecule has 10 heavy (non-hydrogen) atoms. The van der Waals surface area contributed by atoms with Gasteiger partial charge in [-0.3, -0.25) is 4.79 Å². The number of nitrogens with one attached hydrogen (secondary N) is 1. The molecule has 0 atom stereocenters. The number of hydrogen-bond donors (Lipinski definition) is 1. The van der Waals surface area contributed by atoms with Gasteiger partial charge in [-0.25, -0.2) is 0 Å². The van der Waals surface area contributed by atoms with Crippen LogP contribution in [0.15, 0.2) is 0 Å². The Morgan fingerprint density at radius 2 is 2.00 bits per heavy atom. The first-order valence-electron chi connectivity index (χ1n) is 3.59. The predicted octanol–water partition coefficient (Wildman–Crippen LogP) is 0.795. The van der Waals surface area contributed by atoms with Gasteiger partial charge in [-0.05, 0) is 6.92 Å². The Labute approximate surface area is 62.8 Å². The topological polar surface area (TPSA) is 38.3 Å². The van der Waals surface area contributed by atoms with Crippen LogP contribution in [-0.4, -0.2) is 26.2 Å². The van der Waals surface area contributed by atoms with Crippen molar-refractivity contribution >= 4 is 5.91 Å². The SMILES string of the molecule is CC.CCOCC(=O)NC. The molecule has 0 aromatic rings. The van der Waals surface area contributed by atoms with Crippen LogP contribution in [0.3, 0.4) is 0 Å². The molecular formula is C7H17NO2. The number of rotatable bonds is 3. The van der Waals surface area contributed by atoms with Crippen LogP contribution >= 0.6 is 0 Å². The molecule has 0 unspecified atom stereocenters. The first-order valence-corrected chi connectivity index (χ1v) is 3.59. The van der Waals surface area contributed by atoms with Gasteiger partial charge in [0, 0.05) is 13.7 Å². The fourth-order valence-corrected chi connectivity index (χ4v) is 0.267. The molecule has 0 aromatic heterocycles. The first-order chi connectivity index (χ1) is 4.81. The van der Waals surface area contributed by atoms with Gasteiger partial charge in [0.15, 0.2) is 0 Å². The summed E-state index contributed by atoms with van der Waals surface area (Å²) in [7, 11) is 1.58. The summed E-state index contributed by atoms with van der Waals surface area (Å²) in [5.41, 5.74) is 0. The summed E-state index contributed by atoms with van der Waals surface area (Å²) in [6, 6.07) is 0. The highest BCUT2D eigenvalue weighted by molar-refractivity contribution is 5.76. The molecule has 0 rings (SSSR count). The van der Waals surface area contributed by atoms with E-state index >= 15 is 0 Å².